The normalized spacial score (nSPS) is 15.1. The fourth-order valence-corrected chi connectivity index (χ4v) is 2.09. The summed E-state index contributed by atoms with van der Waals surface area (Å²) in [5.41, 5.74) is 5.37. The molecule has 0 spiro atoms. The molecule has 84 valence electrons. The fraction of sp³-hybridized carbons (Fsp3) is 0.889. The van der Waals surface area contributed by atoms with Crippen molar-refractivity contribution in [2.24, 2.45) is 5.73 Å². The molecule has 2 atom stereocenters. The second-order valence-corrected chi connectivity index (χ2v) is 5.23. The molecule has 2 unspecified atom stereocenters. The molecule has 0 rings (SSSR count). The van der Waals surface area contributed by atoms with Crippen molar-refractivity contribution < 1.29 is 14.4 Å². The molecule has 0 bridgehead atoms. The summed E-state index contributed by atoms with van der Waals surface area (Å²) in [4.78, 5) is 10.4. The Kier molecular flexibility index (Phi) is 8.05. The van der Waals surface area contributed by atoms with Gasteiger partial charge in [0.25, 0.3) is 0 Å². The van der Waals surface area contributed by atoms with Gasteiger partial charge in [0, 0.05) is 8.15 Å². The maximum absolute atomic E-state index is 10.4. The van der Waals surface area contributed by atoms with Crippen LogP contribution in [-0.4, -0.2) is 36.6 Å². The van der Waals surface area contributed by atoms with Gasteiger partial charge in [0.05, 0.1) is 6.61 Å². The average molecular weight is 221 g/mol. The molecule has 0 saturated carbocycles. The van der Waals surface area contributed by atoms with Gasteiger partial charge in [-0.3, -0.25) is 4.79 Å². The summed E-state index contributed by atoms with van der Waals surface area (Å²) in [5.74, 6) is -0.929. The van der Waals surface area contributed by atoms with Gasteiger partial charge < -0.3 is 15.4 Å². The Labute approximate surface area is 86.7 Å². The van der Waals surface area contributed by atoms with E-state index >= 15 is 0 Å². The minimum atomic E-state index is -0.929. The number of hydrogen-bond donors (Lipinski definition) is 2. The van der Waals surface area contributed by atoms with Crippen LogP contribution < -0.4 is 5.73 Å². The predicted molar refractivity (Wildman–Crippen MR) is 58.8 cm³/mol. The van der Waals surface area contributed by atoms with E-state index in [4.69, 9.17) is 15.4 Å². The maximum atomic E-state index is 10.4. The second-order valence-electron chi connectivity index (χ2n) is 3.27. The minimum absolute atomic E-state index is 0.493. The van der Waals surface area contributed by atoms with E-state index < -0.39 is 20.2 Å². The van der Waals surface area contributed by atoms with Crippen LogP contribution in [0.5, 0.6) is 0 Å². The Hall–Kier alpha value is -0.180. The summed E-state index contributed by atoms with van der Waals surface area (Å²) in [6.07, 6.45) is 3.46. The van der Waals surface area contributed by atoms with Gasteiger partial charge in [-0.1, -0.05) is 13.3 Å². The van der Waals surface area contributed by atoms with Crippen LogP contribution >= 0.6 is 8.15 Å². The molecule has 3 N–H and O–H groups in total. The molecule has 0 saturated heterocycles. The van der Waals surface area contributed by atoms with Gasteiger partial charge in [-0.25, -0.2) is 0 Å². The van der Waals surface area contributed by atoms with Crippen LogP contribution in [0, 0.1) is 0 Å². The van der Waals surface area contributed by atoms with Gasteiger partial charge in [-0.15, -0.1) is 0 Å². The Bertz CT molecular complexity index is 166. The van der Waals surface area contributed by atoms with Gasteiger partial charge in [0.1, 0.15) is 6.04 Å². The van der Waals surface area contributed by atoms with Crippen molar-refractivity contribution in [3.05, 3.63) is 0 Å². The van der Waals surface area contributed by atoms with Crippen molar-refractivity contribution in [2.75, 3.05) is 19.4 Å². The van der Waals surface area contributed by atoms with Gasteiger partial charge in [0.15, 0.2) is 0 Å². The van der Waals surface area contributed by atoms with E-state index in [0.717, 1.165) is 25.6 Å². The first-order valence-electron chi connectivity index (χ1n) is 4.90. The number of hydrogen-bond acceptors (Lipinski definition) is 3. The van der Waals surface area contributed by atoms with Crippen LogP contribution in [-0.2, 0) is 9.32 Å². The molecule has 0 aromatic heterocycles. The molecule has 0 aliphatic carbocycles. The smallest absolute Gasteiger partial charge is 0.320 e. The molecule has 0 radical (unpaired) electrons. The summed E-state index contributed by atoms with van der Waals surface area (Å²) in [6.45, 7) is 4.90. The minimum Gasteiger partial charge on any atom is -0.480 e. The average Bonchev–Trinajstić information content (AvgIpc) is 2.14. The largest absolute Gasteiger partial charge is 0.480 e. The second kappa shape index (κ2) is 8.16. The first kappa shape index (κ1) is 13.8. The zero-order valence-electron chi connectivity index (χ0n) is 8.90. The van der Waals surface area contributed by atoms with Crippen LogP contribution in [0.15, 0.2) is 0 Å². The van der Waals surface area contributed by atoms with E-state index in [-0.39, 0.29) is 0 Å². The lowest BCUT2D eigenvalue weighted by Gasteiger charge is -2.13. The molecule has 14 heavy (non-hydrogen) atoms. The lowest BCUT2D eigenvalue weighted by Crippen LogP contribution is -2.30. The highest BCUT2D eigenvalue weighted by molar-refractivity contribution is 7.51. The molecule has 0 aromatic carbocycles. The highest BCUT2D eigenvalue weighted by atomic mass is 31.1. The SMILES string of the molecule is CCCCOP(C)CCC(N)C(=O)O. The molecule has 0 heterocycles. The van der Waals surface area contributed by atoms with Crippen LogP contribution in [0.4, 0.5) is 0 Å². The summed E-state index contributed by atoms with van der Waals surface area (Å²) in [6, 6.07) is -0.741. The molecular weight excluding hydrogens is 201 g/mol. The number of carboxylic acid groups (broad SMARTS) is 1. The van der Waals surface area contributed by atoms with Crippen molar-refractivity contribution in [3.8, 4) is 0 Å². The molecule has 4 nitrogen and oxygen atoms in total. The topological polar surface area (TPSA) is 72.5 Å². The molecular formula is C9H20NO3P. The van der Waals surface area contributed by atoms with Crippen molar-refractivity contribution in [1.82, 2.24) is 0 Å². The first-order valence-corrected chi connectivity index (χ1v) is 6.79. The third-order valence-electron chi connectivity index (χ3n) is 1.88. The van der Waals surface area contributed by atoms with Crippen molar-refractivity contribution in [1.29, 1.82) is 0 Å². The molecule has 0 aliphatic heterocycles. The molecule has 5 heteroatoms. The van der Waals surface area contributed by atoms with Crippen LogP contribution in [0.2, 0.25) is 0 Å². The Morgan fingerprint density at radius 2 is 2.29 bits per heavy atom. The summed E-state index contributed by atoms with van der Waals surface area (Å²) < 4.78 is 5.53. The predicted octanol–water partition coefficient (Wildman–Crippen LogP) is 1.63. The summed E-state index contributed by atoms with van der Waals surface area (Å²) >= 11 is 0. The molecule has 0 aliphatic rings. The lowest BCUT2D eigenvalue weighted by molar-refractivity contribution is -0.138. The van der Waals surface area contributed by atoms with Crippen molar-refractivity contribution >= 4 is 14.1 Å². The van der Waals surface area contributed by atoms with Crippen LogP contribution in [0.25, 0.3) is 0 Å². The van der Waals surface area contributed by atoms with Gasteiger partial charge in [0.2, 0.25) is 0 Å². The maximum Gasteiger partial charge on any atom is 0.320 e. The summed E-state index contributed by atoms with van der Waals surface area (Å²) in [5, 5.41) is 8.55. The van der Waals surface area contributed by atoms with Gasteiger partial charge >= 0.3 is 5.97 Å². The number of rotatable bonds is 8. The molecule has 0 aromatic rings. The highest BCUT2D eigenvalue weighted by Crippen LogP contribution is 2.33. The van der Waals surface area contributed by atoms with E-state index in [0.29, 0.717) is 6.42 Å². The van der Waals surface area contributed by atoms with Crippen LogP contribution in [0.3, 0.4) is 0 Å². The number of carboxylic acids is 1. The third-order valence-corrected chi connectivity index (χ3v) is 3.39. The number of nitrogens with two attached hydrogens (primary N) is 1. The lowest BCUT2D eigenvalue weighted by atomic mass is 10.2. The van der Waals surface area contributed by atoms with E-state index in [1.54, 1.807) is 0 Å². The van der Waals surface area contributed by atoms with E-state index in [1.165, 1.54) is 0 Å². The Morgan fingerprint density at radius 1 is 1.64 bits per heavy atom. The quantitative estimate of drug-likeness (QED) is 0.482. The zero-order valence-corrected chi connectivity index (χ0v) is 9.80. The van der Waals surface area contributed by atoms with Gasteiger partial charge in [-0.2, -0.15) is 0 Å². The molecule has 0 fully saturated rings. The van der Waals surface area contributed by atoms with E-state index in [2.05, 4.69) is 6.92 Å². The van der Waals surface area contributed by atoms with Crippen molar-refractivity contribution in [2.45, 2.75) is 32.2 Å². The fourth-order valence-electron chi connectivity index (χ4n) is 0.874. The monoisotopic (exact) mass is 221 g/mol. The molecule has 0 amide bonds. The zero-order chi connectivity index (χ0) is 11.0. The number of unbranched alkanes of at least 4 members (excludes halogenated alkanes) is 1. The number of aliphatic carboxylic acids is 1. The van der Waals surface area contributed by atoms with Crippen LogP contribution in [0.1, 0.15) is 26.2 Å². The third kappa shape index (κ3) is 7.25. The summed E-state index contributed by atoms with van der Waals surface area (Å²) in [7, 11) is -0.493. The number of carbonyl (C=O) groups is 1. The van der Waals surface area contributed by atoms with E-state index in [9.17, 15) is 4.79 Å². The van der Waals surface area contributed by atoms with Crippen molar-refractivity contribution in [3.63, 3.8) is 0 Å². The first-order chi connectivity index (χ1) is 6.57. The van der Waals surface area contributed by atoms with E-state index in [1.807, 2.05) is 6.66 Å². The van der Waals surface area contributed by atoms with Gasteiger partial charge in [-0.05, 0) is 25.7 Å². The Morgan fingerprint density at radius 3 is 2.79 bits per heavy atom. The Balaban J connectivity index is 3.43. The standard InChI is InChI=1S/C9H20NO3P/c1-3-4-6-13-14(2)7-5-8(10)9(11)12/h8H,3-7,10H2,1-2H3,(H,11,12). The highest BCUT2D eigenvalue weighted by Gasteiger charge is 2.12.